The first-order valence-electron chi connectivity index (χ1n) is 5.81. The molecule has 90 valence electrons. The Labute approximate surface area is 106 Å². The van der Waals surface area contributed by atoms with E-state index >= 15 is 0 Å². The fourth-order valence-electron chi connectivity index (χ4n) is 1.89. The van der Waals surface area contributed by atoms with E-state index in [2.05, 4.69) is 53.9 Å². The number of hydrogen-bond donors (Lipinski definition) is 1. The van der Waals surface area contributed by atoms with Gasteiger partial charge in [-0.05, 0) is 44.1 Å². The fourth-order valence-corrected chi connectivity index (χ4v) is 2.53. The summed E-state index contributed by atoms with van der Waals surface area (Å²) in [7, 11) is 0. The highest BCUT2D eigenvalue weighted by Crippen LogP contribution is 2.25. The molecule has 0 saturated heterocycles. The summed E-state index contributed by atoms with van der Waals surface area (Å²) in [5.41, 5.74) is 4.72. The number of aromatic nitrogens is 2. The Morgan fingerprint density at radius 2 is 1.88 bits per heavy atom. The van der Waals surface area contributed by atoms with Crippen LogP contribution >= 0.6 is 11.5 Å². The lowest BCUT2D eigenvalue weighted by Crippen LogP contribution is -2.11. The first-order chi connectivity index (χ1) is 8.20. The summed E-state index contributed by atoms with van der Waals surface area (Å²) in [6, 6.07) is 6.51. The van der Waals surface area contributed by atoms with Crippen LogP contribution in [0.5, 0.6) is 0 Å². The van der Waals surface area contributed by atoms with Gasteiger partial charge < -0.3 is 5.32 Å². The average molecular weight is 247 g/mol. The second-order valence-electron chi connectivity index (χ2n) is 4.20. The van der Waals surface area contributed by atoms with Crippen LogP contribution in [0.25, 0.3) is 11.3 Å². The number of rotatable bonds is 4. The third kappa shape index (κ3) is 2.90. The summed E-state index contributed by atoms with van der Waals surface area (Å²) >= 11 is 1.47. The molecule has 2 rings (SSSR count). The van der Waals surface area contributed by atoms with Crippen LogP contribution in [0.4, 0.5) is 0 Å². The molecule has 1 aromatic heterocycles. The zero-order valence-electron chi connectivity index (χ0n) is 10.4. The van der Waals surface area contributed by atoms with Crippen molar-refractivity contribution in [3.63, 3.8) is 0 Å². The van der Waals surface area contributed by atoms with Gasteiger partial charge in [0.25, 0.3) is 0 Å². The third-order valence-corrected chi connectivity index (χ3v) is 3.31. The van der Waals surface area contributed by atoms with Crippen molar-refractivity contribution in [3.05, 3.63) is 34.2 Å². The lowest BCUT2D eigenvalue weighted by Gasteiger charge is -2.04. The number of aryl methyl sites for hydroxylation is 2. The molecule has 1 heterocycles. The number of nitrogens with one attached hydrogen (secondary N) is 1. The van der Waals surface area contributed by atoms with E-state index in [1.165, 1.54) is 33.1 Å². The predicted molar refractivity (Wildman–Crippen MR) is 72.2 cm³/mol. The predicted octanol–water partition coefficient (Wildman–Crippen LogP) is 2.93. The van der Waals surface area contributed by atoms with Crippen LogP contribution in [0.3, 0.4) is 0 Å². The Morgan fingerprint density at radius 1 is 1.18 bits per heavy atom. The number of hydrogen-bond acceptors (Lipinski definition) is 4. The second-order valence-corrected chi connectivity index (χ2v) is 5.04. The van der Waals surface area contributed by atoms with Crippen molar-refractivity contribution in [1.82, 2.24) is 14.9 Å². The molecule has 0 radical (unpaired) electrons. The minimum atomic E-state index is 0.844. The van der Waals surface area contributed by atoms with Crippen molar-refractivity contribution < 1.29 is 0 Å². The first-order valence-corrected chi connectivity index (χ1v) is 6.58. The van der Waals surface area contributed by atoms with Crippen LogP contribution in [0.1, 0.15) is 22.9 Å². The smallest absolute Gasteiger partial charge is 0.110 e. The van der Waals surface area contributed by atoms with E-state index in [4.69, 9.17) is 0 Å². The van der Waals surface area contributed by atoms with Crippen molar-refractivity contribution in [3.8, 4) is 11.3 Å². The average Bonchev–Trinajstić information content (AvgIpc) is 2.73. The molecule has 4 heteroatoms. The first kappa shape index (κ1) is 12.2. The van der Waals surface area contributed by atoms with Gasteiger partial charge in [-0.25, -0.2) is 0 Å². The SMILES string of the molecule is CCNCc1snnc1-c1cc(C)cc(C)c1. The van der Waals surface area contributed by atoms with Gasteiger partial charge >= 0.3 is 0 Å². The molecule has 0 unspecified atom stereocenters. The normalized spacial score (nSPS) is 10.8. The maximum atomic E-state index is 4.25. The maximum absolute atomic E-state index is 4.25. The molecule has 0 atom stereocenters. The van der Waals surface area contributed by atoms with Gasteiger partial charge in [0.1, 0.15) is 5.69 Å². The Balaban J connectivity index is 2.35. The van der Waals surface area contributed by atoms with E-state index in [-0.39, 0.29) is 0 Å². The van der Waals surface area contributed by atoms with E-state index < -0.39 is 0 Å². The van der Waals surface area contributed by atoms with Crippen LogP contribution in [0, 0.1) is 13.8 Å². The molecule has 2 aromatic rings. The van der Waals surface area contributed by atoms with Crippen LogP contribution in [-0.2, 0) is 6.54 Å². The van der Waals surface area contributed by atoms with E-state index in [0.29, 0.717) is 0 Å². The minimum Gasteiger partial charge on any atom is -0.312 e. The zero-order chi connectivity index (χ0) is 12.3. The summed E-state index contributed by atoms with van der Waals surface area (Å²) < 4.78 is 4.06. The fraction of sp³-hybridized carbons (Fsp3) is 0.385. The van der Waals surface area contributed by atoms with Crippen molar-refractivity contribution in [2.24, 2.45) is 0 Å². The van der Waals surface area contributed by atoms with Gasteiger partial charge in [0, 0.05) is 12.1 Å². The molecule has 3 nitrogen and oxygen atoms in total. The highest BCUT2D eigenvalue weighted by molar-refractivity contribution is 7.05. The number of nitrogens with zero attached hydrogens (tertiary/aromatic N) is 2. The molecule has 0 saturated carbocycles. The Kier molecular flexibility index (Phi) is 3.86. The van der Waals surface area contributed by atoms with Crippen LogP contribution in [-0.4, -0.2) is 16.1 Å². The van der Waals surface area contributed by atoms with Gasteiger partial charge in [0.2, 0.25) is 0 Å². The Morgan fingerprint density at radius 3 is 2.53 bits per heavy atom. The van der Waals surface area contributed by atoms with Crippen LogP contribution in [0.2, 0.25) is 0 Å². The van der Waals surface area contributed by atoms with E-state index in [9.17, 15) is 0 Å². The molecule has 0 spiro atoms. The highest BCUT2D eigenvalue weighted by atomic mass is 32.1. The summed E-state index contributed by atoms with van der Waals surface area (Å²) in [5.74, 6) is 0. The van der Waals surface area contributed by atoms with Crippen LogP contribution < -0.4 is 5.32 Å². The van der Waals surface area contributed by atoms with Gasteiger partial charge in [0.05, 0.1) is 4.88 Å². The monoisotopic (exact) mass is 247 g/mol. The van der Waals surface area contributed by atoms with Gasteiger partial charge in [-0.1, -0.05) is 28.6 Å². The molecular weight excluding hydrogens is 230 g/mol. The standard InChI is InChI=1S/C13H17N3S/c1-4-14-8-12-13(15-16-17-12)11-6-9(2)5-10(3)7-11/h5-7,14H,4,8H2,1-3H3. The van der Waals surface area contributed by atoms with Gasteiger partial charge in [-0.2, -0.15) is 0 Å². The van der Waals surface area contributed by atoms with E-state index in [0.717, 1.165) is 18.8 Å². The molecular formula is C13H17N3S. The largest absolute Gasteiger partial charge is 0.312 e. The van der Waals surface area contributed by atoms with Crippen molar-refractivity contribution in [2.75, 3.05) is 6.54 Å². The summed E-state index contributed by atoms with van der Waals surface area (Å²) in [4.78, 5) is 1.21. The Hall–Kier alpha value is -1.26. The molecule has 17 heavy (non-hydrogen) atoms. The third-order valence-electron chi connectivity index (χ3n) is 2.59. The second kappa shape index (κ2) is 5.38. The summed E-state index contributed by atoms with van der Waals surface area (Å²) in [6.45, 7) is 8.13. The van der Waals surface area contributed by atoms with Crippen molar-refractivity contribution >= 4 is 11.5 Å². The topological polar surface area (TPSA) is 37.8 Å². The number of benzene rings is 1. The molecule has 0 aliphatic heterocycles. The molecule has 0 bridgehead atoms. The van der Waals surface area contributed by atoms with Crippen LogP contribution in [0.15, 0.2) is 18.2 Å². The van der Waals surface area contributed by atoms with E-state index in [1.54, 1.807) is 0 Å². The molecule has 1 N–H and O–H groups in total. The van der Waals surface area contributed by atoms with Crippen molar-refractivity contribution in [1.29, 1.82) is 0 Å². The van der Waals surface area contributed by atoms with E-state index in [1.807, 2.05) is 0 Å². The Bertz CT molecular complexity index is 485. The molecule has 1 aromatic carbocycles. The maximum Gasteiger partial charge on any atom is 0.110 e. The lowest BCUT2D eigenvalue weighted by atomic mass is 10.0. The molecule has 0 fully saturated rings. The molecule has 0 aliphatic carbocycles. The minimum absolute atomic E-state index is 0.844. The summed E-state index contributed by atoms with van der Waals surface area (Å²) in [5, 5.41) is 7.57. The highest BCUT2D eigenvalue weighted by Gasteiger charge is 2.10. The van der Waals surface area contributed by atoms with Gasteiger partial charge in [0.15, 0.2) is 0 Å². The lowest BCUT2D eigenvalue weighted by molar-refractivity contribution is 0.735. The zero-order valence-corrected chi connectivity index (χ0v) is 11.3. The van der Waals surface area contributed by atoms with Crippen molar-refractivity contribution in [2.45, 2.75) is 27.3 Å². The summed E-state index contributed by atoms with van der Waals surface area (Å²) in [6.07, 6.45) is 0. The van der Waals surface area contributed by atoms with Gasteiger partial charge in [-0.3, -0.25) is 0 Å². The quantitative estimate of drug-likeness (QED) is 0.902. The molecule has 0 aliphatic rings. The molecule has 0 amide bonds. The van der Waals surface area contributed by atoms with Gasteiger partial charge in [-0.15, -0.1) is 5.10 Å².